The van der Waals surface area contributed by atoms with Crippen molar-refractivity contribution in [3.8, 4) is 11.8 Å². The van der Waals surface area contributed by atoms with Gasteiger partial charge in [-0.1, -0.05) is 117 Å². The van der Waals surface area contributed by atoms with Crippen molar-refractivity contribution in [2.24, 2.45) is 0 Å². The van der Waals surface area contributed by atoms with E-state index in [1.165, 1.54) is 24.0 Å². The second-order valence-corrected chi connectivity index (χ2v) is 8.59. The monoisotopic (exact) mass is 439 g/mol. The second kappa shape index (κ2) is 14.3. The van der Waals surface area contributed by atoms with Gasteiger partial charge in [0.1, 0.15) is 0 Å². The molecule has 0 radical (unpaired) electrons. The van der Waals surface area contributed by atoms with Crippen LogP contribution in [-0.4, -0.2) is 22.7 Å². The van der Waals surface area contributed by atoms with Crippen molar-refractivity contribution in [3.63, 3.8) is 0 Å². The summed E-state index contributed by atoms with van der Waals surface area (Å²) in [5.41, 5.74) is 3.70. The standard InChI is InChI=1S/C31H37NO/c1-2-3-4-5-15-22-30(24-23-27-16-9-6-10-17-27)32(25-28-18-11-7-12-19-28)31(26-33)29-20-13-8-14-21-29/h6-14,16-21,30-31,33H,2-5,23-26H2,1H3/t30-,31-/m0/s1. The van der Waals surface area contributed by atoms with E-state index in [0.29, 0.717) is 0 Å². The van der Waals surface area contributed by atoms with Gasteiger partial charge in [0.05, 0.1) is 18.7 Å². The molecule has 2 atom stereocenters. The van der Waals surface area contributed by atoms with Crippen LogP contribution in [0.3, 0.4) is 0 Å². The van der Waals surface area contributed by atoms with E-state index in [4.69, 9.17) is 0 Å². The summed E-state index contributed by atoms with van der Waals surface area (Å²) >= 11 is 0. The maximum Gasteiger partial charge on any atom is 0.0726 e. The maximum atomic E-state index is 10.5. The first kappa shape index (κ1) is 24.8. The van der Waals surface area contributed by atoms with Crippen LogP contribution in [0.2, 0.25) is 0 Å². The summed E-state index contributed by atoms with van der Waals surface area (Å²) in [4.78, 5) is 2.40. The molecule has 1 N–H and O–H groups in total. The fraction of sp³-hybridized carbons (Fsp3) is 0.355. The average Bonchev–Trinajstić information content (AvgIpc) is 2.87. The third-order valence-corrected chi connectivity index (χ3v) is 6.09. The Morgan fingerprint density at radius 2 is 1.39 bits per heavy atom. The molecule has 0 aromatic heterocycles. The zero-order valence-electron chi connectivity index (χ0n) is 19.9. The van der Waals surface area contributed by atoms with E-state index in [1.54, 1.807) is 0 Å². The lowest BCUT2D eigenvalue weighted by Gasteiger charge is -2.35. The molecule has 2 heteroatoms. The molecule has 3 rings (SSSR count). The number of hydrogen-bond donors (Lipinski definition) is 1. The van der Waals surface area contributed by atoms with E-state index < -0.39 is 0 Å². The molecule has 0 aliphatic rings. The van der Waals surface area contributed by atoms with Crippen molar-refractivity contribution in [1.82, 2.24) is 4.90 Å². The van der Waals surface area contributed by atoms with Gasteiger partial charge in [0, 0.05) is 13.0 Å². The summed E-state index contributed by atoms with van der Waals surface area (Å²) in [6.45, 7) is 3.05. The lowest BCUT2D eigenvalue weighted by molar-refractivity contribution is 0.0921. The molecular formula is C31H37NO. The predicted octanol–water partition coefficient (Wildman–Crippen LogP) is 6.81. The molecular weight excluding hydrogens is 402 g/mol. The Labute approximate surface area is 200 Å². The number of unbranched alkanes of at least 4 members (excludes halogenated alkanes) is 3. The first-order chi connectivity index (χ1) is 16.3. The van der Waals surface area contributed by atoms with Gasteiger partial charge in [-0.05, 0) is 36.0 Å². The van der Waals surface area contributed by atoms with E-state index in [9.17, 15) is 5.11 Å². The molecule has 2 nitrogen and oxygen atoms in total. The van der Waals surface area contributed by atoms with Crippen molar-refractivity contribution in [2.45, 2.75) is 64.1 Å². The van der Waals surface area contributed by atoms with Crippen LogP contribution in [0, 0.1) is 11.8 Å². The van der Waals surface area contributed by atoms with Gasteiger partial charge in [0.2, 0.25) is 0 Å². The second-order valence-electron chi connectivity index (χ2n) is 8.59. The van der Waals surface area contributed by atoms with E-state index in [2.05, 4.69) is 96.5 Å². The lowest BCUT2D eigenvalue weighted by Crippen LogP contribution is -2.39. The summed E-state index contributed by atoms with van der Waals surface area (Å²) in [6, 6.07) is 31.5. The molecule has 0 fully saturated rings. The minimum absolute atomic E-state index is 0.0596. The molecule has 0 amide bonds. The predicted molar refractivity (Wildman–Crippen MR) is 139 cm³/mol. The van der Waals surface area contributed by atoms with Gasteiger partial charge in [-0.25, -0.2) is 0 Å². The van der Waals surface area contributed by atoms with Gasteiger partial charge < -0.3 is 5.11 Å². The summed E-state index contributed by atoms with van der Waals surface area (Å²) < 4.78 is 0. The molecule has 0 saturated carbocycles. The molecule has 0 heterocycles. The highest BCUT2D eigenvalue weighted by atomic mass is 16.3. The van der Waals surface area contributed by atoms with Crippen LogP contribution >= 0.6 is 0 Å². The maximum absolute atomic E-state index is 10.5. The zero-order chi connectivity index (χ0) is 23.1. The SMILES string of the molecule is CCCCCC#C[C@@H](CCc1ccccc1)N(Cc1ccccc1)[C@@H](CO)c1ccccc1. The number of aryl methyl sites for hydroxylation is 1. The molecule has 172 valence electrons. The van der Waals surface area contributed by atoms with Crippen molar-refractivity contribution in [1.29, 1.82) is 0 Å². The number of aliphatic hydroxyl groups is 1. The van der Waals surface area contributed by atoms with Crippen LogP contribution in [0.1, 0.15) is 61.8 Å². The van der Waals surface area contributed by atoms with Gasteiger partial charge in [0.25, 0.3) is 0 Å². The number of nitrogens with zero attached hydrogens (tertiary/aromatic N) is 1. The summed E-state index contributed by atoms with van der Waals surface area (Å²) in [7, 11) is 0. The normalized spacial score (nSPS) is 12.7. The van der Waals surface area contributed by atoms with E-state index >= 15 is 0 Å². The van der Waals surface area contributed by atoms with Crippen LogP contribution in [0.5, 0.6) is 0 Å². The zero-order valence-corrected chi connectivity index (χ0v) is 19.9. The number of rotatable bonds is 12. The highest BCUT2D eigenvalue weighted by Crippen LogP contribution is 2.27. The molecule has 3 aromatic carbocycles. The summed E-state index contributed by atoms with van der Waals surface area (Å²) in [6.07, 6.45) is 6.41. The van der Waals surface area contributed by atoms with Crippen LogP contribution < -0.4 is 0 Å². The quantitative estimate of drug-likeness (QED) is 0.248. The lowest BCUT2D eigenvalue weighted by atomic mass is 9.98. The van der Waals surface area contributed by atoms with Gasteiger partial charge in [0.15, 0.2) is 0 Å². The van der Waals surface area contributed by atoms with Crippen LogP contribution in [0.15, 0.2) is 91.0 Å². The number of hydrogen-bond acceptors (Lipinski definition) is 2. The Morgan fingerprint density at radius 3 is 2.00 bits per heavy atom. The summed E-state index contributed by atoms with van der Waals surface area (Å²) in [5, 5.41) is 10.5. The van der Waals surface area contributed by atoms with Gasteiger partial charge >= 0.3 is 0 Å². The Kier molecular flexibility index (Phi) is 10.8. The van der Waals surface area contributed by atoms with Crippen molar-refractivity contribution in [2.75, 3.05) is 6.61 Å². The fourth-order valence-electron chi connectivity index (χ4n) is 4.23. The van der Waals surface area contributed by atoms with E-state index in [-0.39, 0.29) is 18.7 Å². The summed E-state index contributed by atoms with van der Waals surface area (Å²) in [5.74, 6) is 7.10. The molecule has 0 aliphatic carbocycles. The third-order valence-electron chi connectivity index (χ3n) is 6.09. The molecule has 0 aliphatic heterocycles. The van der Waals surface area contributed by atoms with Gasteiger partial charge in [-0.3, -0.25) is 4.90 Å². The highest BCUT2D eigenvalue weighted by molar-refractivity contribution is 5.23. The van der Waals surface area contributed by atoms with Crippen LogP contribution in [0.4, 0.5) is 0 Å². The Balaban J connectivity index is 1.90. The topological polar surface area (TPSA) is 23.5 Å². The molecule has 0 spiro atoms. The highest BCUT2D eigenvalue weighted by Gasteiger charge is 2.26. The molecule has 33 heavy (non-hydrogen) atoms. The third kappa shape index (κ3) is 8.21. The van der Waals surface area contributed by atoms with E-state index in [0.717, 1.165) is 37.8 Å². The van der Waals surface area contributed by atoms with Gasteiger partial charge in [-0.2, -0.15) is 0 Å². The van der Waals surface area contributed by atoms with Crippen LogP contribution in [0.25, 0.3) is 0 Å². The first-order valence-electron chi connectivity index (χ1n) is 12.3. The molecule has 0 saturated heterocycles. The van der Waals surface area contributed by atoms with Crippen LogP contribution in [-0.2, 0) is 13.0 Å². The Hall–Kier alpha value is -2.86. The average molecular weight is 440 g/mol. The first-order valence-corrected chi connectivity index (χ1v) is 12.3. The van der Waals surface area contributed by atoms with Crippen molar-refractivity contribution >= 4 is 0 Å². The number of aliphatic hydroxyl groups excluding tert-OH is 1. The largest absolute Gasteiger partial charge is 0.394 e. The molecule has 0 bridgehead atoms. The smallest absolute Gasteiger partial charge is 0.0726 e. The number of benzene rings is 3. The molecule has 3 aromatic rings. The van der Waals surface area contributed by atoms with E-state index in [1.807, 2.05) is 18.2 Å². The minimum Gasteiger partial charge on any atom is -0.394 e. The fourth-order valence-corrected chi connectivity index (χ4v) is 4.23. The molecule has 0 unspecified atom stereocenters. The van der Waals surface area contributed by atoms with Crippen molar-refractivity contribution in [3.05, 3.63) is 108 Å². The Bertz CT molecular complexity index is 959. The Morgan fingerprint density at radius 1 is 0.788 bits per heavy atom. The minimum atomic E-state index is -0.0999. The van der Waals surface area contributed by atoms with Gasteiger partial charge in [-0.15, -0.1) is 5.92 Å². The van der Waals surface area contributed by atoms with Crippen molar-refractivity contribution < 1.29 is 5.11 Å².